The summed E-state index contributed by atoms with van der Waals surface area (Å²) in [6, 6.07) is 8.47. The van der Waals surface area contributed by atoms with E-state index in [9.17, 15) is 4.79 Å². The average Bonchev–Trinajstić information content (AvgIpc) is 2.84. The van der Waals surface area contributed by atoms with Crippen LogP contribution in [0.1, 0.15) is 17.5 Å². The van der Waals surface area contributed by atoms with Gasteiger partial charge in [-0.3, -0.25) is 4.79 Å². The molecule has 0 radical (unpaired) electrons. The summed E-state index contributed by atoms with van der Waals surface area (Å²) < 4.78 is 11.6. The Morgan fingerprint density at radius 1 is 1.00 bits per heavy atom. The molecule has 0 saturated carbocycles. The van der Waals surface area contributed by atoms with Gasteiger partial charge in [0.15, 0.2) is 0 Å². The molecule has 1 spiro atoms. The quantitative estimate of drug-likeness (QED) is 0.634. The molecule has 2 aromatic rings. The molecule has 0 N–H and O–H groups in total. The van der Waals surface area contributed by atoms with Gasteiger partial charge in [-0.1, -0.05) is 52.5 Å². The molecule has 0 bridgehead atoms. The number of fused-ring (bicyclic) bond motifs is 2. The third-order valence-electron chi connectivity index (χ3n) is 4.46. The largest absolute Gasteiger partial charge is 0.338 e. The molecule has 4 rings (SSSR count). The molecule has 2 aliphatic rings. The average molecular weight is 433 g/mol. The SMILES string of the molecule is O=C1N(Cc2ccc(Cl)cc2Cl)c2c(ccc(Cl)c2Cl)C12OCCCO2. The van der Waals surface area contributed by atoms with Gasteiger partial charge >= 0.3 is 0 Å². The van der Waals surface area contributed by atoms with Crippen LogP contribution < -0.4 is 4.90 Å². The molecule has 1 saturated heterocycles. The van der Waals surface area contributed by atoms with Crippen LogP contribution in [0, 0.1) is 0 Å². The van der Waals surface area contributed by atoms with Crippen molar-refractivity contribution in [2.24, 2.45) is 0 Å². The highest BCUT2D eigenvalue weighted by Gasteiger charge is 2.55. The molecule has 1 amide bonds. The van der Waals surface area contributed by atoms with Crippen molar-refractivity contribution in [1.29, 1.82) is 0 Å². The molecule has 2 aliphatic heterocycles. The molecular formula is C18H13Cl4NO3. The van der Waals surface area contributed by atoms with Crippen LogP contribution in [0.5, 0.6) is 0 Å². The first-order chi connectivity index (χ1) is 12.4. The van der Waals surface area contributed by atoms with Crippen molar-refractivity contribution in [3.8, 4) is 0 Å². The lowest BCUT2D eigenvalue weighted by Gasteiger charge is -2.32. The van der Waals surface area contributed by atoms with Crippen molar-refractivity contribution < 1.29 is 14.3 Å². The number of hydrogen-bond acceptors (Lipinski definition) is 3. The van der Waals surface area contributed by atoms with Gasteiger partial charge in [-0.2, -0.15) is 0 Å². The summed E-state index contributed by atoms with van der Waals surface area (Å²) in [7, 11) is 0. The molecule has 8 heteroatoms. The Morgan fingerprint density at radius 3 is 2.42 bits per heavy atom. The van der Waals surface area contributed by atoms with E-state index in [1.807, 2.05) is 0 Å². The summed E-state index contributed by atoms with van der Waals surface area (Å²) in [6.45, 7) is 1.03. The monoisotopic (exact) mass is 431 g/mol. The minimum absolute atomic E-state index is 0.191. The number of carbonyl (C=O) groups excluding carboxylic acids is 1. The topological polar surface area (TPSA) is 38.8 Å². The fraction of sp³-hybridized carbons (Fsp3) is 0.278. The maximum Gasteiger partial charge on any atom is 0.292 e. The standard InChI is InChI=1S/C18H13Cl4NO3/c19-11-3-2-10(14(21)8-11)9-23-16-12(4-5-13(20)15(16)22)18(17(23)24)25-6-1-7-26-18/h2-5,8H,1,6-7,9H2. The first-order valence-electron chi connectivity index (χ1n) is 7.96. The first kappa shape index (κ1) is 18.4. The molecule has 136 valence electrons. The molecule has 2 aromatic carbocycles. The number of rotatable bonds is 2. The van der Waals surface area contributed by atoms with Crippen LogP contribution >= 0.6 is 46.4 Å². The zero-order valence-corrected chi connectivity index (χ0v) is 16.4. The Bertz CT molecular complexity index is 896. The Morgan fingerprint density at radius 2 is 1.73 bits per heavy atom. The van der Waals surface area contributed by atoms with Crippen molar-refractivity contribution in [2.45, 2.75) is 18.8 Å². The highest BCUT2D eigenvalue weighted by Crippen LogP contribution is 2.50. The highest BCUT2D eigenvalue weighted by molar-refractivity contribution is 6.44. The van der Waals surface area contributed by atoms with E-state index in [1.165, 1.54) is 4.90 Å². The zero-order valence-electron chi connectivity index (χ0n) is 13.4. The molecule has 0 atom stereocenters. The van der Waals surface area contributed by atoms with Crippen LogP contribution in [0.15, 0.2) is 30.3 Å². The predicted molar refractivity (Wildman–Crippen MR) is 102 cm³/mol. The van der Waals surface area contributed by atoms with Gasteiger partial charge in [0.25, 0.3) is 11.7 Å². The molecule has 4 nitrogen and oxygen atoms in total. The number of amides is 1. The summed E-state index contributed by atoms with van der Waals surface area (Å²) in [5.41, 5.74) is 1.76. The van der Waals surface area contributed by atoms with Gasteiger partial charge in [-0.15, -0.1) is 0 Å². The van der Waals surface area contributed by atoms with Crippen molar-refractivity contribution in [3.05, 3.63) is 61.5 Å². The lowest BCUT2D eigenvalue weighted by atomic mass is 10.1. The summed E-state index contributed by atoms with van der Waals surface area (Å²) >= 11 is 24.9. The van der Waals surface area contributed by atoms with E-state index in [0.717, 1.165) is 5.56 Å². The number of ether oxygens (including phenoxy) is 2. The predicted octanol–water partition coefficient (Wildman–Crippen LogP) is 5.44. The lowest BCUT2D eigenvalue weighted by molar-refractivity contribution is -0.256. The third-order valence-corrected chi connectivity index (χ3v) is 5.84. The van der Waals surface area contributed by atoms with E-state index in [-0.39, 0.29) is 17.5 Å². The van der Waals surface area contributed by atoms with Crippen molar-refractivity contribution in [2.75, 3.05) is 18.1 Å². The van der Waals surface area contributed by atoms with Crippen molar-refractivity contribution >= 4 is 58.0 Å². The second-order valence-corrected chi connectivity index (χ2v) is 7.68. The maximum atomic E-state index is 13.3. The first-order valence-corrected chi connectivity index (χ1v) is 9.47. The Hall–Kier alpha value is -1.01. The molecule has 0 aromatic heterocycles. The van der Waals surface area contributed by atoms with Crippen LogP contribution in [-0.4, -0.2) is 19.1 Å². The number of benzene rings is 2. The number of hydrogen-bond donors (Lipinski definition) is 0. The van der Waals surface area contributed by atoms with Crippen LogP contribution in [0.2, 0.25) is 20.1 Å². The van der Waals surface area contributed by atoms with Gasteiger partial charge in [-0.25, -0.2) is 0 Å². The summed E-state index contributed by atoms with van der Waals surface area (Å²) in [6.07, 6.45) is 0.717. The number of halogens is 4. The van der Waals surface area contributed by atoms with Gasteiger partial charge in [0.1, 0.15) is 0 Å². The van der Waals surface area contributed by atoms with Gasteiger partial charge in [0.2, 0.25) is 0 Å². The fourth-order valence-electron chi connectivity index (χ4n) is 3.25. The Balaban J connectivity index is 1.83. The summed E-state index contributed by atoms with van der Waals surface area (Å²) in [5, 5.41) is 1.59. The number of carbonyl (C=O) groups is 1. The van der Waals surface area contributed by atoms with E-state index in [2.05, 4.69) is 0 Å². The molecular weight excluding hydrogens is 420 g/mol. The Kier molecular flexibility index (Phi) is 4.84. The minimum Gasteiger partial charge on any atom is -0.338 e. The lowest BCUT2D eigenvalue weighted by Crippen LogP contribution is -2.47. The van der Waals surface area contributed by atoms with E-state index in [1.54, 1.807) is 30.3 Å². The fourth-order valence-corrected chi connectivity index (χ4v) is 4.13. The van der Waals surface area contributed by atoms with Gasteiger partial charge < -0.3 is 14.4 Å². The Labute approximate surface area is 170 Å². The second-order valence-electron chi connectivity index (χ2n) is 6.05. The molecule has 0 aliphatic carbocycles. The summed E-state index contributed by atoms with van der Waals surface area (Å²) in [5.74, 6) is -1.83. The van der Waals surface area contributed by atoms with Gasteiger partial charge in [0.05, 0.1) is 35.5 Å². The van der Waals surface area contributed by atoms with E-state index in [0.29, 0.717) is 46.0 Å². The van der Waals surface area contributed by atoms with Crippen molar-refractivity contribution in [3.63, 3.8) is 0 Å². The van der Waals surface area contributed by atoms with E-state index >= 15 is 0 Å². The van der Waals surface area contributed by atoms with Gasteiger partial charge in [0, 0.05) is 15.6 Å². The molecule has 0 unspecified atom stereocenters. The third kappa shape index (κ3) is 2.80. The van der Waals surface area contributed by atoms with Crippen LogP contribution in [0.25, 0.3) is 0 Å². The molecule has 26 heavy (non-hydrogen) atoms. The number of nitrogens with zero attached hydrogens (tertiary/aromatic N) is 1. The normalized spacial score (nSPS) is 18.5. The van der Waals surface area contributed by atoms with Crippen LogP contribution in [0.4, 0.5) is 5.69 Å². The highest BCUT2D eigenvalue weighted by atomic mass is 35.5. The second kappa shape index (κ2) is 6.86. The van der Waals surface area contributed by atoms with E-state index < -0.39 is 5.79 Å². The zero-order chi connectivity index (χ0) is 18.5. The smallest absolute Gasteiger partial charge is 0.292 e. The summed E-state index contributed by atoms with van der Waals surface area (Å²) in [4.78, 5) is 14.8. The maximum absolute atomic E-state index is 13.3. The minimum atomic E-state index is -1.49. The number of anilines is 1. The van der Waals surface area contributed by atoms with Crippen LogP contribution in [-0.2, 0) is 26.6 Å². The van der Waals surface area contributed by atoms with Crippen LogP contribution in [0.3, 0.4) is 0 Å². The van der Waals surface area contributed by atoms with E-state index in [4.69, 9.17) is 55.9 Å². The van der Waals surface area contributed by atoms with Gasteiger partial charge in [-0.05, 0) is 36.2 Å². The molecule has 1 fully saturated rings. The van der Waals surface area contributed by atoms with Crippen molar-refractivity contribution in [1.82, 2.24) is 0 Å². The molecule has 2 heterocycles.